The van der Waals surface area contributed by atoms with Gasteiger partial charge in [-0.25, -0.2) is 0 Å². The molecule has 0 saturated carbocycles. The molecule has 1 aromatic rings. The third-order valence-electron chi connectivity index (χ3n) is 4.71. The molecule has 108 valence electrons. The van der Waals surface area contributed by atoms with Crippen LogP contribution >= 0.6 is 0 Å². The second kappa shape index (κ2) is 5.12. The summed E-state index contributed by atoms with van der Waals surface area (Å²) in [6.07, 6.45) is 4.43. The highest BCUT2D eigenvalue weighted by Crippen LogP contribution is 2.32. The van der Waals surface area contributed by atoms with E-state index in [1.165, 1.54) is 5.56 Å². The normalized spacial score (nSPS) is 21.0. The Morgan fingerprint density at radius 3 is 2.75 bits per heavy atom. The van der Waals surface area contributed by atoms with Gasteiger partial charge < -0.3 is 10.2 Å². The molecule has 2 aliphatic rings. The molecular formula is C17H24N2O. The van der Waals surface area contributed by atoms with E-state index in [4.69, 9.17) is 0 Å². The molecule has 2 heterocycles. The van der Waals surface area contributed by atoms with Gasteiger partial charge in [0.15, 0.2) is 0 Å². The first-order chi connectivity index (χ1) is 9.57. The smallest absolute Gasteiger partial charge is 0.255 e. The van der Waals surface area contributed by atoms with Gasteiger partial charge in [-0.05, 0) is 42.7 Å². The Hall–Kier alpha value is -1.51. The van der Waals surface area contributed by atoms with Crippen LogP contribution in [-0.2, 0) is 6.42 Å². The number of rotatable bonds is 1. The van der Waals surface area contributed by atoms with Crippen molar-refractivity contribution in [3.05, 3.63) is 29.3 Å². The SMILES string of the molecule is CC1(C)CCN(C(=O)c2cccc3c2NCCC3)CC1. The number of nitrogens with one attached hydrogen (secondary N) is 1. The minimum atomic E-state index is 0.201. The number of hydrogen-bond donors (Lipinski definition) is 1. The second-order valence-corrected chi connectivity index (χ2v) is 6.83. The van der Waals surface area contributed by atoms with Gasteiger partial charge in [0, 0.05) is 19.6 Å². The summed E-state index contributed by atoms with van der Waals surface area (Å²) in [5, 5.41) is 3.42. The van der Waals surface area contributed by atoms with E-state index in [-0.39, 0.29) is 5.91 Å². The van der Waals surface area contributed by atoms with Crippen molar-refractivity contribution in [2.24, 2.45) is 5.41 Å². The number of benzene rings is 1. The molecule has 1 N–H and O–H groups in total. The van der Waals surface area contributed by atoms with Gasteiger partial charge in [0.05, 0.1) is 11.3 Å². The minimum Gasteiger partial charge on any atom is -0.384 e. The monoisotopic (exact) mass is 272 g/mol. The number of para-hydroxylation sites is 1. The third kappa shape index (κ3) is 2.54. The zero-order valence-corrected chi connectivity index (χ0v) is 12.5. The summed E-state index contributed by atoms with van der Waals surface area (Å²) in [5.41, 5.74) is 3.61. The number of fused-ring (bicyclic) bond motifs is 1. The average Bonchev–Trinajstić information content (AvgIpc) is 2.46. The van der Waals surface area contributed by atoms with Gasteiger partial charge in [-0.1, -0.05) is 26.0 Å². The van der Waals surface area contributed by atoms with E-state index in [9.17, 15) is 4.79 Å². The molecule has 1 fully saturated rings. The fourth-order valence-corrected chi connectivity index (χ4v) is 3.17. The Kier molecular flexibility index (Phi) is 3.45. The van der Waals surface area contributed by atoms with Crippen LogP contribution in [0.4, 0.5) is 5.69 Å². The van der Waals surface area contributed by atoms with Crippen molar-refractivity contribution in [1.82, 2.24) is 4.90 Å². The Morgan fingerprint density at radius 2 is 2.00 bits per heavy atom. The minimum absolute atomic E-state index is 0.201. The van der Waals surface area contributed by atoms with Gasteiger partial charge in [0.25, 0.3) is 5.91 Å². The highest BCUT2D eigenvalue weighted by Gasteiger charge is 2.29. The van der Waals surface area contributed by atoms with Crippen molar-refractivity contribution in [1.29, 1.82) is 0 Å². The standard InChI is InChI=1S/C17H24N2O/c1-17(2)8-11-19(12-9-17)16(20)14-7-3-5-13-6-4-10-18-15(13)14/h3,5,7,18H,4,6,8-12H2,1-2H3. The highest BCUT2D eigenvalue weighted by atomic mass is 16.2. The number of likely N-dealkylation sites (tertiary alicyclic amines) is 1. The van der Waals surface area contributed by atoms with E-state index in [1.54, 1.807) is 0 Å². The summed E-state index contributed by atoms with van der Waals surface area (Å²) in [4.78, 5) is 14.8. The molecular weight excluding hydrogens is 248 g/mol. The molecule has 1 aromatic carbocycles. The largest absolute Gasteiger partial charge is 0.384 e. The molecule has 1 saturated heterocycles. The van der Waals surface area contributed by atoms with E-state index in [0.717, 1.165) is 56.6 Å². The van der Waals surface area contributed by atoms with Crippen LogP contribution in [0.5, 0.6) is 0 Å². The number of amides is 1. The maximum atomic E-state index is 12.8. The number of carbonyl (C=O) groups excluding carboxylic acids is 1. The number of aryl methyl sites for hydroxylation is 1. The topological polar surface area (TPSA) is 32.3 Å². The molecule has 0 unspecified atom stereocenters. The fourth-order valence-electron chi connectivity index (χ4n) is 3.17. The molecule has 1 amide bonds. The summed E-state index contributed by atoms with van der Waals surface area (Å²) in [6.45, 7) is 7.33. The van der Waals surface area contributed by atoms with Crippen molar-refractivity contribution in [3.8, 4) is 0 Å². The third-order valence-corrected chi connectivity index (χ3v) is 4.71. The zero-order valence-electron chi connectivity index (χ0n) is 12.5. The number of hydrogen-bond acceptors (Lipinski definition) is 2. The first-order valence-corrected chi connectivity index (χ1v) is 7.72. The quantitative estimate of drug-likeness (QED) is 0.850. The number of nitrogens with zero attached hydrogens (tertiary/aromatic N) is 1. The van der Waals surface area contributed by atoms with E-state index >= 15 is 0 Å². The molecule has 3 nitrogen and oxygen atoms in total. The van der Waals surface area contributed by atoms with E-state index in [1.807, 2.05) is 17.0 Å². The highest BCUT2D eigenvalue weighted by molar-refractivity contribution is 6.00. The van der Waals surface area contributed by atoms with Gasteiger partial charge in [0.2, 0.25) is 0 Å². The lowest BCUT2D eigenvalue weighted by Gasteiger charge is -2.37. The van der Waals surface area contributed by atoms with Crippen LogP contribution in [0.25, 0.3) is 0 Å². The summed E-state index contributed by atoms with van der Waals surface area (Å²) in [7, 11) is 0. The fraction of sp³-hybridized carbons (Fsp3) is 0.588. The molecule has 0 atom stereocenters. The summed E-state index contributed by atoms with van der Waals surface area (Å²) in [6, 6.07) is 6.13. The Morgan fingerprint density at radius 1 is 1.25 bits per heavy atom. The summed E-state index contributed by atoms with van der Waals surface area (Å²) < 4.78 is 0. The Labute approximate surface area is 121 Å². The van der Waals surface area contributed by atoms with Crippen LogP contribution in [0.15, 0.2) is 18.2 Å². The lowest BCUT2D eigenvalue weighted by molar-refractivity contribution is 0.0631. The van der Waals surface area contributed by atoms with E-state index in [0.29, 0.717) is 5.41 Å². The van der Waals surface area contributed by atoms with Crippen molar-refractivity contribution < 1.29 is 4.79 Å². The van der Waals surface area contributed by atoms with Crippen LogP contribution < -0.4 is 5.32 Å². The second-order valence-electron chi connectivity index (χ2n) is 6.83. The molecule has 0 spiro atoms. The van der Waals surface area contributed by atoms with Crippen LogP contribution in [-0.4, -0.2) is 30.4 Å². The lowest BCUT2D eigenvalue weighted by atomic mass is 9.82. The molecule has 3 rings (SSSR count). The molecule has 0 bridgehead atoms. The predicted molar refractivity (Wildman–Crippen MR) is 82.2 cm³/mol. The van der Waals surface area contributed by atoms with Crippen LogP contribution in [0.1, 0.15) is 49.0 Å². The number of anilines is 1. The molecule has 0 aliphatic carbocycles. The summed E-state index contributed by atoms with van der Waals surface area (Å²) in [5.74, 6) is 0.201. The molecule has 2 aliphatic heterocycles. The van der Waals surface area contributed by atoms with Crippen LogP contribution in [0, 0.1) is 5.41 Å². The van der Waals surface area contributed by atoms with Crippen molar-refractivity contribution in [2.45, 2.75) is 39.5 Å². The first-order valence-electron chi connectivity index (χ1n) is 7.72. The van der Waals surface area contributed by atoms with Crippen LogP contribution in [0.3, 0.4) is 0 Å². The van der Waals surface area contributed by atoms with Gasteiger partial charge in [-0.15, -0.1) is 0 Å². The van der Waals surface area contributed by atoms with Gasteiger partial charge in [0.1, 0.15) is 0 Å². The summed E-state index contributed by atoms with van der Waals surface area (Å²) >= 11 is 0. The van der Waals surface area contributed by atoms with Gasteiger partial charge >= 0.3 is 0 Å². The first kappa shape index (κ1) is 13.5. The predicted octanol–water partition coefficient (Wildman–Crippen LogP) is 3.31. The lowest BCUT2D eigenvalue weighted by Crippen LogP contribution is -2.41. The van der Waals surface area contributed by atoms with E-state index < -0.39 is 0 Å². The molecule has 20 heavy (non-hydrogen) atoms. The van der Waals surface area contributed by atoms with Crippen molar-refractivity contribution >= 4 is 11.6 Å². The molecule has 0 aromatic heterocycles. The zero-order chi connectivity index (χ0) is 14.2. The van der Waals surface area contributed by atoms with Gasteiger partial charge in [-0.2, -0.15) is 0 Å². The number of carbonyl (C=O) groups is 1. The van der Waals surface area contributed by atoms with E-state index in [2.05, 4.69) is 25.2 Å². The van der Waals surface area contributed by atoms with Crippen molar-refractivity contribution in [3.63, 3.8) is 0 Å². The van der Waals surface area contributed by atoms with Gasteiger partial charge in [-0.3, -0.25) is 4.79 Å². The Balaban J connectivity index is 1.81. The van der Waals surface area contributed by atoms with Crippen LogP contribution in [0.2, 0.25) is 0 Å². The number of piperidine rings is 1. The Bertz CT molecular complexity index is 512. The van der Waals surface area contributed by atoms with Crippen molar-refractivity contribution in [2.75, 3.05) is 25.0 Å². The average molecular weight is 272 g/mol. The molecule has 0 radical (unpaired) electrons. The maximum Gasteiger partial charge on any atom is 0.255 e. The maximum absolute atomic E-state index is 12.8. The molecule has 3 heteroatoms.